The molecule has 0 N–H and O–H groups in total. The maximum absolute atomic E-state index is 12.5. The first-order valence-electron chi connectivity index (χ1n) is 9.26. The van der Waals surface area contributed by atoms with Gasteiger partial charge in [-0.15, -0.1) is 0 Å². The molecule has 8 heteroatoms. The zero-order valence-corrected chi connectivity index (χ0v) is 17.9. The fourth-order valence-corrected chi connectivity index (χ4v) is 4.69. The minimum absolute atomic E-state index is 0.0112. The van der Waals surface area contributed by atoms with Crippen LogP contribution in [0.3, 0.4) is 0 Å². The number of hydrogen-bond donors (Lipinski definition) is 0. The minimum Gasteiger partial charge on any atom is -0.493 e. The van der Waals surface area contributed by atoms with Crippen molar-refractivity contribution in [1.82, 2.24) is 9.80 Å². The lowest BCUT2D eigenvalue weighted by Crippen LogP contribution is -2.34. The molecule has 1 aromatic rings. The molecule has 2 fully saturated rings. The Kier molecular flexibility index (Phi) is 6.61. The van der Waals surface area contributed by atoms with Crippen LogP contribution in [0.25, 0.3) is 6.08 Å². The summed E-state index contributed by atoms with van der Waals surface area (Å²) in [4.78, 5) is 28.7. The van der Waals surface area contributed by atoms with Crippen molar-refractivity contribution in [2.45, 2.75) is 32.7 Å². The first-order chi connectivity index (χ1) is 13.4. The highest BCUT2D eigenvalue weighted by Crippen LogP contribution is 2.35. The molecule has 0 saturated carbocycles. The van der Waals surface area contributed by atoms with Crippen LogP contribution in [-0.2, 0) is 9.59 Å². The Labute approximate surface area is 174 Å². The molecule has 0 unspecified atom stereocenters. The van der Waals surface area contributed by atoms with Crippen molar-refractivity contribution < 1.29 is 19.1 Å². The van der Waals surface area contributed by atoms with E-state index >= 15 is 0 Å². The van der Waals surface area contributed by atoms with Crippen molar-refractivity contribution in [2.24, 2.45) is 0 Å². The topological polar surface area (TPSA) is 59.1 Å². The molecule has 2 heterocycles. The molecule has 1 aromatic carbocycles. The number of hydrogen-bond acceptors (Lipinski definition) is 6. The standard InChI is InChI=1S/C20H24N2O4S2/c1-13(2)22-19(24)17(28-20(22)27)11-14-6-7-15(16(10-14)25-3)26-12-18(23)21-8-4-5-9-21/h6-7,10-11,13H,4-5,8-9,12H2,1-3H3/b17-11-. The van der Waals surface area contributed by atoms with E-state index in [2.05, 4.69) is 0 Å². The van der Waals surface area contributed by atoms with Crippen LogP contribution >= 0.6 is 24.0 Å². The number of benzene rings is 1. The van der Waals surface area contributed by atoms with Crippen molar-refractivity contribution in [1.29, 1.82) is 0 Å². The Morgan fingerprint density at radius 3 is 2.61 bits per heavy atom. The van der Waals surface area contributed by atoms with Gasteiger partial charge in [0.15, 0.2) is 18.1 Å². The van der Waals surface area contributed by atoms with E-state index in [0.717, 1.165) is 31.5 Å². The molecule has 0 radical (unpaired) electrons. The summed E-state index contributed by atoms with van der Waals surface area (Å²) in [5.41, 5.74) is 0.805. The minimum atomic E-state index is -0.0829. The number of methoxy groups -OCH3 is 1. The Morgan fingerprint density at radius 2 is 2.00 bits per heavy atom. The van der Waals surface area contributed by atoms with E-state index in [0.29, 0.717) is 20.7 Å². The van der Waals surface area contributed by atoms with Crippen molar-refractivity contribution in [2.75, 3.05) is 26.8 Å². The van der Waals surface area contributed by atoms with Crippen LogP contribution in [0.5, 0.6) is 11.5 Å². The molecule has 3 rings (SSSR count). The van der Waals surface area contributed by atoms with Crippen LogP contribution in [0.15, 0.2) is 23.1 Å². The number of carbonyl (C=O) groups excluding carboxylic acids is 2. The number of likely N-dealkylation sites (tertiary alicyclic amines) is 1. The second kappa shape index (κ2) is 8.96. The van der Waals surface area contributed by atoms with Gasteiger partial charge in [0.05, 0.1) is 12.0 Å². The largest absolute Gasteiger partial charge is 0.493 e. The third-order valence-corrected chi connectivity index (χ3v) is 5.97. The number of nitrogens with zero attached hydrogens (tertiary/aromatic N) is 2. The lowest BCUT2D eigenvalue weighted by atomic mass is 10.1. The van der Waals surface area contributed by atoms with Crippen molar-refractivity contribution >= 4 is 46.2 Å². The Morgan fingerprint density at radius 1 is 1.29 bits per heavy atom. The Hall–Kier alpha value is -2.06. The van der Waals surface area contributed by atoms with Gasteiger partial charge < -0.3 is 14.4 Å². The molecule has 0 aromatic heterocycles. The lowest BCUT2D eigenvalue weighted by molar-refractivity contribution is -0.132. The van der Waals surface area contributed by atoms with Gasteiger partial charge in [-0.1, -0.05) is 30.0 Å². The van der Waals surface area contributed by atoms with Crippen molar-refractivity contribution in [3.63, 3.8) is 0 Å². The van der Waals surface area contributed by atoms with Gasteiger partial charge in [-0.3, -0.25) is 14.5 Å². The molecule has 2 aliphatic heterocycles. The highest BCUT2D eigenvalue weighted by molar-refractivity contribution is 8.26. The van der Waals surface area contributed by atoms with E-state index in [-0.39, 0.29) is 24.5 Å². The monoisotopic (exact) mass is 420 g/mol. The molecule has 2 aliphatic rings. The van der Waals surface area contributed by atoms with E-state index in [1.54, 1.807) is 30.2 Å². The maximum atomic E-state index is 12.5. The lowest BCUT2D eigenvalue weighted by Gasteiger charge is -2.18. The molecular formula is C20H24N2O4S2. The second-order valence-electron chi connectivity index (χ2n) is 6.93. The van der Waals surface area contributed by atoms with Gasteiger partial charge >= 0.3 is 0 Å². The normalized spacial score (nSPS) is 18.5. The molecule has 0 atom stereocenters. The number of rotatable bonds is 6. The molecular weight excluding hydrogens is 396 g/mol. The average Bonchev–Trinajstić information content (AvgIpc) is 3.29. The highest BCUT2D eigenvalue weighted by Gasteiger charge is 2.33. The van der Waals surface area contributed by atoms with Crippen LogP contribution in [-0.4, -0.2) is 58.8 Å². The summed E-state index contributed by atoms with van der Waals surface area (Å²) in [6.45, 7) is 5.46. The quantitative estimate of drug-likeness (QED) is 0.520. The van der Waals surface area contributed by atoms with E-state index in [1.807, 2.05) is 24.8 Å². The number of thiocarbonyl (C=S) groups is 1. The van der Waals surface area contributed by atoms with Crippen LogP contribution < -0.4 is 9.47 Å². The zero-order valence-electron chi connectivity index (χ0n) is 16.3. The van der Waals surface area contributed by atoms with Gasteiger partial charge in [-0.25, -0.2) is 0 Å². The average molecular weight is 421 g/mol. The molecule has 6 nitrogen and oxygen atoms in total. The second-order valence-corrected chi connectivity index (χ2v) is 8.61. The third-order valence-electron chi connectivity index (χ3n) is 4.64. The molecule has 0 spiro atoms. The summed E-state index contributed by atoms with van der Waals surface area (Å²) >= 11 is 6.60. The SMILES string of the molecule is COc1cc(/C=C2\SC(=S)N(C(C)C)C2=O)ccc1OCC(=O)N1CCCC1. The first-order valence-corrected chi connectivity index (χ1v) is 10.5. The summed E-state index contributed by atoms with van der Waals surface area (Å²) in [5.74, 6) is 0.922. The molecule has 150 valence electrons. The molecule has 2 saturated heterocycles. The molecule has 0 aliphatic carbocycles. The first kappa shape index (κ1) is 20.7. The van der Waals surface area contributed by atoms with Crippen LogP contribution in [0.2, 0.25) is 0 Å². The summed E-state index contributed by atoms with van der Waals surface area (Å²) in [5, 5.41) is 0. The summed E-state index contributed by atoms with van der Waals surface area (Å²) in [6, 6.07) is 5.40. The van der Waals surface area contributed by atoms with E-state index in [4.69, 9.17) is 21.7 Å². The predicted octanol–water partition coefficient (Wildman–Crippen LogP) is 3.31. The van der Waals surface area contributed by atoms with E-state index in [9.17, 15) is 9.59 Å². The highest BCUT2D eigenvalue weighted by atomic mass is 32.2. The summed E-state index contributed by atoms with van der Waals surface area (Å²) in [7, 11) is 1.55. The van der Waals surface area contributed by atoms with Crippen molar-refractivity contribution in [3.05, 3.63) is 28.7 Å². The number of ether oxygens (including phenoxy) is 2. The van der Waals surface area contributed by atoms with Gasteiger partial charge in [0.1, 0.15) is 4.32 Å². The third kappa shape index (κ3) is 4.50. The Balaban J connectivity index is 1.71. The molecule has 2 amide bonds. The van der Waals surface area contributed by atoms with Gasteiger partial charge in [0, 0.05) is 19.1 Å². The molecule has 28 heavy (non-hydrogen) atoms. The van der Waals surface area contributed by atoms with Crippen molar-refractivity contribution in [3.8, 4) is 11.5 Å². The number of thioether (sulfide) groups is 1. The van der Waals surface area contributed by atoms with E-state index in [1.165, 1.54) is 11.8 Å². The van der Waals surface area contributed by atoms with Gasteiger partial charge in [0.2, 0.25) is 0 Å². The molecule has 0 bridgehead atoms. The fraction of sp³-hybridized carbons (Fsp3) is 0.450. The maximum Gasteiger partial charge on any atom is 0.266 e. The fourth-order valence-electron chi connectivity index (χ4n) is 3.17. The van der Waals surface area contributed by atoms with Gasteiger partial charge in [-0.2, -0.15) is 0 Å². The van der Waals surface area contributed by atoms with Gasteiger partial charge in [-0.05, 0) is 50.5 Å². The van der Waals surface area contributed by atoms with Gasteiger partial charge in [0.25, 0.3) is 11.8 Å². The Bertz CT molecular complexity index is 816. The zero-order chi connectivity index (χ0) is 20.3. The van der Waals surface area contributed by atoms with Crippen LogP contribution in [0, 0.1) is 0 Å². The smallest absolute Gasteiger partial charge is 0.266 e. The number of carbonyl (C=O) groups is 2. The van der Waals surface area contributed by atoms with Crippen LogP contribution in [0.4, 0.5) is 0 Å². The van der Waals surface area contributed by atoms with E-state index < -0.39 is 0 Å². The summed E-state index contributed by atoms with van der Waals surface area (Å²) < 4.78 is 11.7. The summed E-state index contributed by atoms with van der Waals surface area (Å²) in [6.07, 6.45) is 3.89. The number of amides is 2. The van der Waals surface area contributed by atoms with Crippen LogP contribution in [0.1, 0.15) is 32.3 Å². The predicted molar refractivity (Wildman–Crippen MR) is 114 cm³/mol.